The Hall–Kier alpha value is -2.54. The molecule has 1 aliphatic heterocycles. The number of rotatable bonds is 9. The molecule has 1 saturated heterocycles. The Kier molecular flexibility index (Phi) is 7.59. The van der Waals surface area contributed by atoms with Crippen molar-refractivity contribution in [2.45, 2.75) is 18.7 Å². The molecule has 1 aliphatic rings. The first kappa shape index (κ1) is 23.1. The van der Waals surface area contributed by atoms with Gasteiger partial charge in [-0.1, -0.05) is 13.8 Å². The molecular weight excluding hydrogens is 442 g/mol. The molecule has 0 aliphatic carbocycles. The van der Waals surface area contributed by atoms with E-state index in [4.69, 9.17) is 4.74 Å². The number of nitrogens with zero attached hydrogens (tertiary/aromatic N) is 4. The van der Waals surface area contributed by atoms with E-state index in [1.807, 2.05) is 12.1 Å². The van der Waals surface area contributed by atoms with Gasteiger partial charge in [0.25, 0.3) is 5.69 Å². The summed E-state index contributed by atoms with van der Waals surface area (Å²) in [5.41, 5.74) is 2.42. The highest BCUT2D eigenvalue weighted by Gasteiger charge is 2.25. The van der Waals surface area contributed by atoms with Crippen LogP contribution in [0.25, 0.3) is 0 Å². The van der Waals surface area contributed by atoms with E-state index in [9.17, 15) is 18.5 Å². The number of ether oxygens (including phenoxy) is 1. The van der Waals surface area contributed by atoms with Gasteiger partial charge in [-0.3, -0.25) is 15.5 Å². The van der Waals surface area contributed by atoms with Crippen LogP contribution >= 0.6 is 11.3 Å². The molecule has 2 aromatic rings. The van der Waals surface area contributed by atoms with Crippen LogP contribution < -0.4 is 10.3 Å². The summed E-state index contributed by atoms with van der Waals surface area (Å²) in [5.74, 6) is 0. The first-order valence-electron chi connectivity index (χ1n) is 9.87. The molecule has 0 unspecified atom stereocenters. The van der Waals surface area contributed by atoms with Crippen molar-refractivity contribution in [1.29, 1.82) is 0 Å². The van der Waals surface area contributed by atoms with Gasteiger partial charge < -0.3 is 9.64 Å². The van der Waals surface area contributed by atoms with Crippen LogP contribution in [0.2, 0.25) is 0 Å². The third-order valence-electron chi connectivity index (χ3n) is 4.82. The fraction of sp³-hybridized carbons (Fsp3) is 0.421. The minimum Gasteiger partial charge on any atom is -0.378 e. The Morgan fingerprint density at radius 2 is 1.97 bits per heavy atom. The Morgan fingerprint density at radius 1 is 1.26 bits per heavy atom. The maximum Gasteiger partial charge on any atom is 0.295 e. The van der Waals surface area contributed by atoms with Crippen molar-refractivity contribution in [2.24, 2.45) is 5.10 Å². The molecular formula is C19H25N5O5S2. The first-order chi connectivity index (χ1) is 14.9. The second-order valence-electron chi connectivity index (χ2n) is 6.67. The molecule has 1 fully saturated rings. The fourth-order valence-corrected chi connectivity index (χ4v) is 5.57. The van der Waals surface area contributed by atoms with Crippen molar-refractivity contribution < 1.29 is 18.1 Å². The summed E-state index contributed by atoms with van der Waals surface area (Å²) in [4.78, 5) is 13.9. The van der Waals surface area contributed by atoms with Gasteiger partial charge in [0, 0.05) is 37.1 Å². The third kappa shape index (κ3) is 5.39. The normalized spacial score (nSPS) is 15.0. The number of nitro groups is 1. The Balaban J connectivity index is 1.76. The van der Waals surface area contributed by atoms with E-state index in [1.165, 1.54) is 16.4 Å². The summed E-state index contributed by atoms with van der Waals surface area (Å²) < 4.78 is 31.9. The van der Waals surface area contributed by atoms with E-state index in [0.717, 1.165) is 29.0 Å². The van der Waals surface area contributed by atoms with Crippen molar-refractivity contribution >= 4 is 44.0 Å². The standard InChI is InChI=1S/C19H25N5O5S2/c1-3-23(4-2)31(27,28)16-6-7-17(18(13-16)24(25)26)21-20-14-15-5-8-19(30-15)22-9-11-29-12-10-22/h5-8,13-14,21H,3-4,9-12H2,1-2H3/b20-14+. The summed E-state index contributed by atoms with van der Waals surface area (Å²) in [6.45, 7) is 7.08. The van der Waals surface area contributed by atoms with Crippen LogP contribution in [-0.4, -0.2) is 63.3 Å². The maximum absolute atomic E-state index is 12.7. The number of sulfonamides is 1. The van der Waals surface area contributed by atoms with Crippen molar-refractivity contribution in [1.82, 2.24) is 4.31 Å². The number of benzene rings is 1. The lowest BCUT2D eigenvalue weighted by atomic mass is 10.3. The van der Waals surface area contributed by atoms with Gasteiger partial charge in [0.1, 0.15) is 5.69 Å². The Bertz CT molecular complexity index is 1040. The number of morpholine rings is 1. The van der Waals surface area contributed by atoms with Gasteiger partial charge in [0.05, 0.1) is 34.2 Å². The summed E-state index contributed by atoms with van der Waals surface area (Å²) in [7, 11) is -3.79. The summed E-state index contributed by atoms with van der Waals surface area (Å²) in [6, 6.07) is 7.70. The molecule has 1 aromatic heterocycles. The average molecular weight is 468 g/mol. The highest BCUT2D eigenvalue weighted by molar-refractivity contribution is 7.89. The predicted molar refractivity (Wildman–Crippen MR) is 122 cm³/mol. The van der Waals surface area contributed by atoms with Gasteiger partial charge in [0.15, 0.2) is 0 Å². The van der Waals surface area contributed by atoms with Crippen LogP contribution in [0, 0.1) is 10.1 Å². The number of hydrazone groups is 1. The smallest absolute Gasteiger partial charge is 0.295 e. The zero-order valence-electron chi connectivity index (χ0n) is 17.4. The molecule has 1 aromatic carbocycles. The number of hydrogen-bond donors (Lipinski definition) is 1. The van der Waals surface area contributed by atoms with Gasteiger partial charge in [-0.25, -0.2) is 8.42 Å². The van der Waals surface area contributed by atoms with Gasteiger partial charge in [-0.05, 0) is 24.3 Å². The summed E-state index contributed by atoms with van der Waals surface area (Å²) in [6.07, 6.45) is 1.58. The number of nitro benzene ring substituents is 1. The van der Waals surface area contributed by atoms with E-state index in [1.54, 1.807) is 31.4 Å². The van der Waals surface area contributed by atoms with Crippen LogP contribution in [0.4, 0.5) is 16.4 Å². The Labute approximate surface area is 185 Å². The number of nitrogens with one attached hydrogen (secondary N) is 1. The quantitative estimate of drug-likeness (QED) is 0.342. The molecule has 3 rings (SSSR count). The van der Waals surface area contributed by atoms with Crippen molar-refractivity contribution in [2.75, 3.05) is 49.7 Å². The highest BCUT2D eigenvalue weighted by Crippen LogP contribution is 2.29. The maximum atomic E-state index is 12.7. The monoisotopic (exact) mass is 467 g/mol. The second kappa shape index (κ2) is 10.2. The van der Waals surface area contributed by atoms with Crippen LogP contribution in [0.3, 0.4) is 0 Å². The summed E-state index contributed by atoms with van der Waals surface area (Å²) in [5, 5.41) is 16.7. The molecule has 0 bridgehead atoms. The molecule has 10 nitrogen and oxygen atoms in total. The van der Waals surface area contributed by atoms with Crippen LogP contribution in [0.1, 0.15) is 18.7 Å². The highest BCUT2D eigenvalue weighted by atomic mass is 32.2. The molecule has 0 spiro atoms. The first-order valence-corrected chi connectivity index (χ1v) is 12.1. The average Bonchev–Trinajstić information content (AvgIpc) is 3.24. The largest absolute Gasteiger partial charge is 0.378 e. The molecule has 31 heavy (non-hydrogen) atoms. The fourth-order valence-electron chi connectivity index (χ4n) is 3.16. The second-order valence-corrected chi connectivity index (χ2v) is 9.70. The van der Waals surface area contributed by atoms with Gasteiger partial charge in [-0.2, -0.15) is 9.41 Å². The van der Waals surface area contributed by atoms with E-state index in [-0.39, 0.29) is 29.4 Å². The van der Waals surface area contributed by atoms with Gasteiger partial charge in [-0.15, -0.1) is 11.3 Å². The van der Waals surface area contributed by atoms with Gasteiger partial charge in [0.2, 0.25) is 10.0 Å². The number of thiophene rings is 1. The molecule has 1 N–H and O–H groups in total. The Morgan fingerprint density at radius 3 is 2.61 bits per heavy atom. The lowest BCUT2D eigenvalue weighted by Crippen LogP contribution is -2.35. The lowest BCUT2D eigenvalue weighted by Gasteiger charge is -2.27. The number of hydrogen-bond acceptors (Lipinski definition) is 9. The van der Waals surface area contributed by atoms with Crippen molar-refractivity contribution in [3.63, 3.8) is 0 Å². The zero-order valence-corrected chi connectivity index (χ0v) is 19.0. The van der Waals surface area contributed by atoms with E-state index >= 15 is 0 Å². The topological polar surface area (TPSA) is 117 Å². The van der Waals surface area contributed by atoms with Crippen molar-refractivity contribution in [3.05, 3.63) is 45.3 Å². The minimum absolute atomic E-state index is 0.115. The third-order valence-corrected chi connectivity index (χ3v) is 7.95. The molecule has 2 heterocycles. The predicted octanol–water partition coefficient (Wildman–Crippen LogP) is 2.97. The molecule has 0 radical (unpaired) electrons. The lowest BCUT2D eigenvalue weighted by molar-refractivity contribution is -0.384. The van der Waals surface area contributed by atoms with E-state index in [2.05, 4.69) is 15.4 Å². The van der Waals surface area contributed by atoms with Crippen LogP contribution in [0.15, 0.2) is 40.3 Å². The molecule has 0 atom stereocenters. The SMILES string of the molecule is CCN(CC)S(=O)(=O)c1ccc(N/N=C/c2ccc(N3CCOCC3)s2)c([N+](=O)[O-])c1. The summed E-state index contributed by atoms with van der Waals surface area (Å²) >= 11 is 1.56. The van der Waals surface area contributed by atoms with E-state index < -0.39 is 14.9 Å². The van der Waals surface area contributed by atoms with Crippen LogP contribution in [-0.2, 0) is 14.8 Å². The molecule has 0 amide bonds. The van der Waals surface area contributed by atoms with E-state index in [0.29, 0.717) is 13.2 Å². The van der Waals surface area contributed by atoms with Crippen molar-refractivity contribution in [3.8, 4) is 0 Å². The minimum atomic E-state index is -3.79. The number of anilines is 2. The molecule has 12 heteroatoms. The molecule has 0 saturated carbocycles. The van der Waals surface area contributed by atoms with Gasteiger partial charge >= 0.3 is 0 Å². The van der Waals surface area contributed by atoms with Crippen LogP contribution in [0.5, 0.6) is 0 Å². The molecule has 168 valence electrons. The zero-order chi connectivity index (χ0) is 22.4.